The summed E-state index contributed by atoms with van der Waals surface area (Å²) in [5, 5.41) is 40.1. The minimum atomic E-state index is -2.00. The average Bonchev–Trinajstić information content (AvgIpc) is 1.45. The van der Waals surface area contributed by atoms with Gasteiger partial charge in [-0.25, -0.2) is 28.5 Å². The van der Waals surface area contributed by atoms with Gasteiger partial charge in [0.05, 0.1) is 45.6 Å². The number of carboxylic acids is 1. The molecule has 508 valence electrons. The van der Waals surface area contributed by atoms with E-state index < -0.39 is 58.8 Å². The van der Waals surface area contributed by atoms with Crippen molar-refractivity contribution in [2.45, 2.75) is 129 Å². The zero-order chi connectivity index (χ0) is 67.8. The zero-order valence-corrected chi connectivity index (χ0v) is 57.3. The van der Waals surface area contributed by atoms with E-state index in [1.54, 1.807) is 61.7 Å². The number of benzene rings is 3. The van der Waals surface area contributed by atoms with Gasteiger partial charge in [0.2, 0.25) is 11.8 Å². The molecular formula is C69H81F2N13O9S3. The number of likely N-dealkylation sites (tertiary alicyclic amines) is 1. The van der Waals surface area contributed by atoms with Crippen LogP contribution in [0.2, 0.25) is 0 Å². The number of carbonyl (C=O) groups is 5. The highest BCUT2D eigenvalue weighted by Gasteiger charge is 2.53. The van der Waals surface area contributed by atoms with E-state index in [1.165, 1.54) is 33.6 Å². The van der Waals surface area contributed by atoms with Gasteiger partial charge in [0.15, 0.2) is 51.4 Å². The van der Waals surface area contributed by atoms with Gasteiger partial charge < -0.3 is 55.2 Å². The summed E-state index contributed by atoms with van der Waals surface area (Å²) in [6, 6.07) is 16.0. The number of thiazole rings is 3. The van der Waals surface area contributed by atoms with Gasteiger partial charge >= 0.3 is 5.97 Å². The Morgan fingerprint density at radius 1 is 0.917 bits per heavy atom. The number of amides is 4. The quantitative estimate of drug-likeness (QED) is 0.0250. The monoisotopic (exact) mass is 1370 g/mol. The van der Waals surface area contributed by atoms with Gasteiger partial charge in [-0.05, 0) is 119 Å². The molecule has 3 atom stereocenters. The van der Waals surface area contributed by atoms with Gasteiger partial charge in [-0.15, -0.1) is 32.9 Å². The molecule has 1 aliphatic carbocycles. The van der Waals surface area contributed by atoms with E-state index in [1.807, 2.05) is 61.2 Å². The summed E-state index contributed by atoms with van der Waals surface area (Å²) in [7, 11) is 1.75. The molecule has 3 aromatic carbocycles. The number of ether oxygens (including phenoxy) is 2. The number of nitrogens with zero attached hydrogens (tertiary/aromatic N) is 10. The van der Waals surface area contributed by atoms with Gasteiger partial charge in [-0.2, -0.15) is 0 Å². The lowest BCUT2D eigenvalue weighted by Gasteiger charge is -2.35. The molecule has 4 aromatic heterocycles. The Labute approximate surface area is 568 Å². The fourth-order valence-electron chi connectivity index (χ4n) is 12.0. The molecule has 0 radical (unpaired) electrons. The SMILES string of the molecule is Cc1ncsc1-c1ccc(CNC(=O)[C@@H]2C[C@@H](O)CN2C(=O)[C@@H](NC(=O)C2(F)CC2)C(C)(C)C)c(OCC(=O)N(C)CCCCCN2CCN(CC#Cc3ccc(OCCCc4sc(N5CCCc6c5nnc(Nc5nc7ccccc7s5)c6C)nc4C(=O)O)c(F)c3)CC2)c1. The number of hydrogen-bond donors (Lipinski definition) is 5. The molecule has 4 aliphatic rings. The number of aliphatic hydroxyl groups excluding tert-OH is 1. The molecule has 7 aromatic rings. The summed E-state index contributed by atoms with van der Waals surface area (Å²) >= 11 is 4.32. The molecule has 1 saturated carbocycles. The van der Waals surface area contributed by atoms with Crippen LogP contribution >= 0.6 is 34.0 Å². The number of aromatic nitrogens is 5. The number of nitrogens with one attached hydrogen (secondary N) is 3. The second kappa shape index (κ2) is 30.4. The highest BCUT2D eigenvalue weighted by Crippen LogP contribution is 2.42. The Morgan fingerprint density at radius 2 is 1.71 bits per heavy atom. The van der Waals surface area contributed by atoms with Crippen molar-refractivity contribution in [3.05, 3.63) is 111 Å². The Morgan fingerprint density at radius 3 is 2.45 bits per heavy atom. The van der Waals surface area contributed by atoms with Crippen LogP contribution in [0.1, 0.15) is 115 Å². The van der Waals surface area contributed by atoms with Crippen molar-refractivity contribution in [3.63, 3.8) is 0 Å². The minimum Gasteiger partial charge on any atom is -0.491 e. The van der Waals surface area contributed by atoms with E-state index in [-0.39, 0.29) is 62.9 Å². The molecule has 3 aliphatic heterocycles. The molecule has 3 fully saturated rings. The molecule has 0 bridgehead atoms. The zero-order valence-electron chi connectivity index (χ0n) is 54.8. The fraction of sp³-hybridized carbons (Fsp3) is 0.478. The van der Waals surface area contributed by atoms with Crippen LogP contribution in [0.25, 0.3) is 20.7 Å². The first-order valence-corrected chi connectivity index (χ1v) is 35.1. The number of aliphatic hydroxyl groups is 1. The number of piperazine rings is 1. The molecule has 27 heteroatoms. The summed E-state index contributed by atoms with van der Waals surface area (Å²) in [4.78, 5) is 91.3. The highest BCUT2D eigenvalue weighted by atomic mass is 32.1. The van der Waals surface area contributed by atoms with Crippen molar-refractivity contribution >= 4 is 95.7 Å². The first-order valence-electron chi connectivity index (χ1n) is 32.6. The number of anilines is 4. The number of aromatic carboxylic acids is 1. The first kappa shape index (κ1) is 69.1. The average molecular weight is 1370 g/mol. The number of alkyl halides is 1. The third kappa shape index (κ3) is 16.7. The number of hydrogen-bond acceptors (Lipinski definition) is 20. The second-order valence-electron chi connectivity index (χ2n) is 26.0. The van der Waals surface area contributed by atoms with Crippen LogP contribution in [0.3, 0.4) is 0 Å². The van der Waals surface area contributed by atoms with E-state index in [0.29, 0.717) is 71.0 Å². The molecule has 22 nitrogen and oxygen atoms in total. The molecule has 7 heterocycles. The maximum atomic E-state index is 15.3. The molecule has 0 spiro atoms. The van der Waals surface area contributed by atoms with Crippen molar-refractivity contribution in [3.8, 4) is 33.8 Å². The van der Waals surface area contributed by atoms with Crippen LogP contribution in [0.4, 0.5) is 30.7 Å². The number of carbonyl (C=O) groups excluding carboxylic acids is 4. The summed E-state index contributed by atoms with van der Waals surface area (Å²) in [6.45, 7) is 15.1. The number of halogens is 2. The summed E-state index contributed by atoms with van der Waals surface area (Å²) in [5.41, 5.74) is 4.58. The number of fused-ring (bicyclic) bond motifs is 2. The Kier molecular flexibility index (Phi) is 21.9. The van der Waals surface area contributed by atoms with Gasteiger partial charge in [0.25, 0.3) is 11.8 Å². The third-order valence-electron chi connectivity index (χ3n) is 17.9. The van der Waals surface area contributed by atoms with Crippen LogP contribution in [0.15, 0.2) is 66.2 Å². The van der Waals surface area contributed by atoms with Crippen LogP contribution in [0, 0.1) is 36.9 Å². The summed E-state index contributed by atoms with van der Waals surface area (Å²) < 4.78 is 43.2. The van der Waals surface area contributed by atoms with Crippen molar-refractivity contribution in [1.29, 1.82) is 0 Å². The Balaban J connectivity index is 0.583. The topological polar surface area (TPSA) is 261 Å². The second-order valence-corrected chi connectivity index (χ2v) is 29.0. The van der Waals surface area contributed by atoms with Crippen molar-refractivity contribution in [2.24, 2.45) is 5.41 Å². The van der Waals surface area contributed by atoms with Crippen LogP contribution in [-0.4, -0.2) is 188 Å². The maximum absolute atomic E-state index is 15.3. The smallest absolute Gasteiger partial charge is 0.355 e. The first-order chi connectivity index (χ1) is 46.1. The molecule has 0 unspecified atom stereocenters. The van der Waals surface area contributed by atoms with E-state index in [2.05, 4.69) is 62.7 Å². The van der Waals surface area contributed by atoms with Gasteiger partial charge in [-0.3, -0.25) is 24.1 Å². The van der Waals surface area contributed by atoms with E-state index in [9.17, 15) is 38.6 Å². The highest BCUT2D eigenvalue weighted by molar-refractivity contribution is 7.22. The standard InChI is InChI=1S/C69H81F2N13O9S3/c1-42-48-16-13-29-83(61(48)79-78-60(42)77-66-74-50-17-8-9-18-54(50)95-66)67-75-57(64(89)90)55(96-67)19-14-34-92-52-23-20-44(35-49(52)70)15-12-28-82-32-30-81(31-33-82)27-11-7-10-26-80(6)56(86)40-93-53-36-45(58-43(2)73-41-94-58)21-22-46(53)38-72-62(87)51-37-47(85)39-84(51)63(88)59(68(3,4)5)76-65(91)69(71)24-25-69/h8-9,17-18,20-23,35-36,41,47,51,59,85H,7,10-11,13-14,16,19,24-34,37-40H2,1-6H3,(H,72,87)(H,76,91)(H,89,90)(H,74,77,78)/t47-,51+,59-/m1/s1. The van der Waals surface area contributed by atoms with E-state index in [4.69, 9.17) is 9.47 Å². The van der Waals surface area contributed by atoms with E-state index in [0.717, 1.165) is 107 Å². The van der Waals surface area contributed by atoms with Gasteiger partial charge in [0.1, 0.15) is 17.8 Å². The lowest BCUT2D eigenvalue weighted by molar-refractivity contribution is -0.145. The normalized spacial score (nSPS) is 17.3. The summed E-state index contributed by atoms with van der Waals surface area (Å²) in [6.07, 6.45) is 4.30. The predicted molar refractivity (Wildman–Crippen MR) is 366 cm³/mol. The van der Waals surface area contributed by atoms with Crippen molar-refractivity contribution < 1.29 is 52.4 Å². The lowest BCUT2D eigenvalue weighted by Crippen LogP contribution is -2.59. The number of aryl methyl sites for hydroxylation is 2. The lowest BCUT2D eigenvalue weighted by atomic mass is 9.85. The Hall–Kier alpha value is -8.26. The van der Waals surface area contributed by atoms with Crippen LogP contribution in [-0.2, 0) is 38.6 Å². The number of β-amino-alcohol motifs (C(OH)–C–C–N with tert-alkyl or cyclic N) is 1. The third-order valence-corrected chi connectivity index (χ3v) is 21.0. The van der Waals surface area contributed by atoms with Crippen LogP contribution in [0.5, 0.6) is 11.5 Å². The fourth-order valence-corrected chi connectivity index (χ4v) is 14.8. The Bertz CT molecular complexity index is 4030. The maximum Gasteiger partial charge on any atom is 0.355 e. The number of carboxylic acid groups (broad SMARTS) is 1. The molecule has 4 amide bonds. The molecule has 96 heavy (non-hydrogen) atoms. The van der Waals surface area contributed by atoms with Gasteiger partial charge in [0, 0.05) is 93.0 Å². The number of para-hydroxylation sites is 1. The summed E-state index contributed by atoms with van der Waals surface area (Å²) in [5.74, 6) is 4.27. The largest absolute Gasteiger partial charge is 0.491 e. The van der Waals surface area contributed by atoms with E-state index >= 15 is 4.39 Å². The molecule has 11 rings (SSSR count). The van der Waals surface area contributed by atoms with Crippen molar-refractivity contribution in [2.75, 3.05) is 89.4 Å². The molecule has 5 N–H and O–H groups in total. The number of rotatable bonds is 26. The number of likely N-dealkylation sites (N-methyl/N-ethyl adjacent to an activating group) is 1. The van der Waals surface area contributed by atoms with Crippen LogP contribution < -0.4 is 30.3 Å². The molecular weight excluding hydrogens is 1290 g/mol. The molecule has 2 saturated heterocycles. The van der Waals surface area contributed by atoms with Crippen molar-refractivity contribution in [1.82, 2.24) is 55.4 Å². The number of unbranched alkanes of at least 4 members (excludes halogenated alkanes) is 2. The predicted octanol–water partition coefficient (Wildman–Crippen LogP) is 9.25. The minimum absolute atomic E-state index is 0.0117. The van der Waals surface area contributed by atoms with Gasteiger partial charge in [-0.1, -0.05) is 74.6 Å².